The molecule has 0 aromatic heterocycles. The SMILES string of the molecule is CCCCCCCCN(CCCCCCCC)c1ccc(C(c2ccccc2)(c2ccccc2)N(CCCCCCCC)CCCCCCCC)c(N(CCCCCCCC)CCCCCCCC)c1N(CCCCCCCC)CCCCCCCC. The van der Waals surface area contributed by atoms with Gasteiger partial charge in [0.05, 0.1) is 22.6 Å². The molecule has 0 atom stereocenters. The fourth-order valence-corrected chi connectivity index (χ4v) is 14.3. The number of hydrogen-bond donors (Lipinski definition) is 0. The fraction of sp³-hybridized carbons (Fsp3) is 0.783. The molecule has 0 aliphatic rings. The van der Waals surface area contributed by atoms with E-state index in [1.54, 1.807) is 22.6 Å². The predicted octanol–water partition coefficient (Wildman–Crippen LogP) is 26.6. The Hall–Kier alpha value is -2.98. The van der Waals surface area contributed by atoms with Crippen molar-refractivity contribution in [2.24, 2.45) is 0 Å². The van der Waals surface area contributed by atoms with E-state index in [1.165, 1.54) is 319 Å². The van der Waals surface area contributed by atoms with Crippen LogP contribution in [0.15, 0.2) is 72.8 Å². The summed E-state index contributed by atoms with van der Waals surface area (Å²) in [5, 5.41) is 0. The van der Waals surface area contributed by atoms with Gasteiger partial charge in [0.2, 0.25) is 0 Å². The van der Waals surface area contributed by atoms with Gasteiger partial charge in [-0.05, 0) is 81.6 Å². The van der Waals surface area contributed by atoms with Crippen molar-refractivity contribution >= 4 is 17.1 Å². The Balaban J connectivity index is 2.73. The molecule has 0 radical (unpaired) electrons. The molecule has 0 spiro atoms. The van der Waals surface area contributed by atoms with Crippen LogP contribution in [0, 0.1) is 0 Å². The second-order valence-corrected chi connectivity index (χ2v) is 27.4. The summed E-state index contributed by atoms with van der Waals surface area (Å²) in [6.45, 7) is 28.2. The molecule has 0 fully saturated rings. The molecule has 87 heavy (non-hydrogen) atoms. The van der Waals surface area contributed by atoms with Gasteiger partial charge in [0.1, 0.15) is 0 Å². The van der Waals surface area contributed by atoms with Crippen molar-refractivity contribution in [3.05, 3.63) is 89.5 Å². The average molecular weight is 1200 g/mol. The van der Waals surface area contributed by atoms with Crippen LogP contribution in [0.5, 0.6) is 0 Å². The Morgan fingerprint density at radius 2 is 0.448 bits per heavy atom. The fourth-order valence-electron chi connectivity index (χ4n) is 14.3. The van der Waals surface area contributed by atoms with Crippen molar-refractivity contribution in [3.8, 4) is 0 Å². The summed E-state index contributed by atoms with van der Waals surface area (Å²) in [6, 6.07) is 30.0. The molecule has 0 aliphatic heterocycles. The van der Waals surface area contributed by atoms with E-state index >= 15 is 0 Å². The number of unbranched alkanes of at least 4 members (excludes halogenated alkanes) is 40. The maximum absolute atomic E-state index is 3.12. The van der Waals surface area contributed by atoms with Gasteiger partial charge in [-0.1, -0.05) is 379 Å². The Morgan fingerprint density at radius 3 is 0.724 bits per heavy atom. The van der Waals surface area contributed by atoms with Crippen LogP contribution in [0.25, 0.3) is 0 Å². The third-order valence-corrected chi connectivity index (χ3v) is 19.6. The van der Waals surface area contributed by atoms with Gasteiger partial charge in [0.25, 0.3) is 0 Å². The maximum atomic E-state index is 3.12. The van der Waals surface area contributed by atoms with E-state index in [2.05, 4.69) is 148 Å². The van der Waals surface area contributed by atoms with Crippen LogP contribution in [0.2, 0.25) is 0 Å². The van der Waals surface area contributed by atoms with Gasteiger partial charge in [-0.25, -0.2) is 0 Å². The zero-order chi connectivity index (χ0) is 62.4. The third-order valence-electron chi connectivity index (χ3n) is 19.6. The Labute approximate surface area is 544 Å². The van der Waals surface area contributed by atoms with Crippen LogP contribution in [0.4, 0.5) is 17.1 Å². The van der Waals surface area contributed by atoms with Crippen molar-refractivity contribution in [2.45, 2.75) is 369 Å². The molecule has 0 unspecified atom stereocenters. The van der Waals surface area contributed by atoms with Gasteiger partial charge >= 0.3 is 0 Å². The van der Waals surface area contributed by atoms with Crippen molar-refractivity contribution < 1.29 is 0 Å². The highest BCUT2D eigenvalue weighted by Gasteiger charge is 2.45. The molecule has 0 N–H and O–H groups in total. The van der Waals surface area contributed by atoms with E-state index in [4.69, 9.17) is 0 Å². The highest BCUT2D eigenvalue weighted by molar-refractivity contribution is 5.89. The lowest BCUT2D eigenvalue weighted by molar-refractivity contribution is 0.149. The first-order chi connectivity index (χ1) is 43.0. The molecule has 0 aliphatic carbocycles. The molecule has 500 valence electrons. The van der Waals surface area contributed by atoms with Crippen LogP contribution in [0.1, 0.15) is 380 Å². The largest absolute Gasteiger partial charge is 0.370 e. The maximum Gasteiger partial charge on any atom is 0.0993 e. The normalized spacial score (nSPS) is 11.8. The molecule has 3 aromatic rings. The standard InChI is InChI=1S/C83H148N4/c1-9-17-25-33-41-55-69-84(70-56-42-34-26-18-10-2)80-68-67-79(83(77-63-51-49-52-64-77,78-65-53-50-54-66-78)87(75-61-47-39-31-23-15-7)76-62-48-40-32-24-16-8)81(85(71-57-43-35-27-19-11-3)72-58-44-36-28-20-12-4)82(80)86(73-59-45-37-29-21-13-5)74-60-46-38-30-22-14-6/h49-54,63-68H,9-48,55-62,69-76H2,1-8H3. The minimum atomic E-state index is -0.492. The van der Waals surface area contributed by atoms with Gasteiger partial charge in [0, 0.05) is 44.8 Å². The minimum absolute atomic E-state index is 0.492. The monoisotopic (exact) mass is 1200 g/mol. The van der Waals surface area contributed by atoms with Gasteiger partial charge in [0.15, 0.2) is 0 Å². The van der Waals surface area contributed by atoms with E-state index in [0.717, 1.165) is 52.4 Å². The zero-order valence-electron chi connectivity index (χ0n) is 59.8. The molecule has 0 amide bonds. The highest BCUT2D eigenvalue weighted by atomic mass is 15.3. The molecule has 0 saturated carbocycles. The van der Waals surface area contributed by atoms with Gasteiger partial charge < -0.3 is 14.7 Å². The molecule has 0 saturated heterocycles. The van der Waals surface area contributed by atoms with Crippen LogP contribution in [-0.2, 0) is 5.54 Å². The summed E-state index contributed by atoms with van der Waals surface area (Å²) in [4.78, 5) is 12.3. The first-order valence-corrected chi connectivity index (χ1v) is 39.3. The first-order valence-electron chi connectivity index (χ1n) is 39.3. The van der Waals surface area contributed by atoms with E-state index in [9.17, 15) is 0 Å². The lowest BCUT2D eigenvalue weighted by atomic mass is 9.73. The van der Waals surface area contributed by atoms with Crippen LogP contribution in [-0.4, -0.2) is 57.3 Å². The van der Waals surface area contributed by atoms with E-state index in [1.807, 2.05) is 0 Å². The predicted molar refractivity (Wildman–Crippen MR) is 394 cm³/mol. The van der Waals surface area contributed by atoms with Crippen LogP contribution >= 0.6 is 0 Å². The van der Waals surface area contributed by atoms with Gasteiger partial charge in [-0.2, -0.15) is 0 Å². The molecule has 0 heterocycles. The minimum Gasteiger partial charge on any atom is -0.370 e. The van der Waals surface area contributed by atoms with Crippen LogP contribution in [0.3, 0.4) is 0 Å². The quantitative estimate of drug-likeness (QED) is 0.0412. The van der Waals surface area contributed by atoms with E-state index in [-0.39, 0.29) is 0 Å². The van der Waals surface area contributed by atoms with Gasteiger partial charge in [-0.3, -0.25) is 4.90 Å². The van der Waals surface area contributed by atoms with Crippen molar-refractivity contribution in [3.63, 3.8) is 0 Å². The molecule has 4 nitrogen and oxygen atoms in total. The number of anilines is 3. The molecular weight excluding hydrogens is 1050 g/mol. The summed E-state index contributed by atoms with van der Waals surface area (Å²) < 4.78 is 0. The highest BCUT2D eigenvalue weighted by Crippen LogP contribution is 2.53. The molecule has 0 bridgehead atoms. The topological polar surface area (TPSA) is 13.0 Å². The van der Waals surface area contributed by atoms with Crippen molar-refractivity contribution in [2.75, 3.05) is 67.1 Å². The summed E-state index contributed by atoms with van der Waals surface area (Å²) in [5.74, 6) is 0. The lowest BCUT2D eigenvalue weighted by Gasteiger charge is -2.49. The van der Waals surface area contributed by atoms with Crippen molar-refractivity contribution in [1.82, 2.24) is 4.90 Å². The second-order valence-electron chi connectivity index (χ2n) is 27.4. The first kappa shape index (κ1) is 78.3. The second kappa shape index (κ2) is 54.7. The molecule has 3 aromatic carbocycles. The lowest BCUT2D eigenvalue weighted by Crippen LogP contribution is -2.50. The van der Waals surface area contributed by atoms with Crippen molar-refractivity contribution in [1.29, 1.82) is 0 Å². The smallest absolute Gasteiger partial charge is 0.0993 e. The molecular formula is C83H148N4. The Kier molecular flexibility index (Phi) is 49.2. The van der Waals surface area contributed by atoms with E-state index in [0.29, 0.717) is 0 Å². The van der Waals surface area contributed by atoms with Gasteiger partial charge in [-0.15, -0.1) is 0 Å². The summed E-state index contributed by atoms with van der Waals surface area (Å²) in [5.41, 5.74) is 8.81. The number of nitrogens with zero attached hydrogens (tertiary/aromatic N) is 4. The molecule has 3 rings (SSSR count). The number of rotatable bonds is 63. The van der Waals surface area contributed by atoms with E-state index < -0.39 is 5.54 Å². The summed E-state index contributed by atoms with van der Waals surface area (Å²) >= 11 is 0. The summed E-state index contributed by atoms with van der Waals surface area (Å²) in [7, 11) is 0. The summed E-state index contributed by atoms with van der Waals surface area (Å²) in [6.07, 6.45) is 63.9. The van der Waals surface area contributed by atoms with Crippen LogP contribution < -0.4 is 14.7 Å². The number of hydrogen-bond acceptors (Lipinski definition) is 4. The third kappa shape index (κ3) is 32.2. The Bertz CT molecular complexity index is 1820. The average Bonchev–Trinajstić information content (AvgIpc) is 0.740. The Morgan fingerprint density at radius 1 is 0.218 bits per heavy atom. The zero-order valence-corrected chi connectivity index (χ0v) is 59.8. The molecule has 4 heteroatoms. The number of benzene rings is 3.